The van der Waals surface area contributed by atoms with Crippen LogP contribution in [0.2, 0.25) is 5.02 Å². The number of benzene rings is 7. The number of nitrogens with one attached hydrogen (secondary N) is 4. The van der Waals surface area contributed by atoms with Gasteiger partial charge in [-0.15, -0.1) is 0 Å². The van der Waals surface area contributed by atoms with E-state index in [4.69, 9.17) is 35.3 Å². The lowest BCUT2D eigenvalue weighted by atomic mass is 9.95. The van der Waals surface area contributed by atoms with Gasteiger partial charge in [0.1, 0.15) is 44.3 Å². The summed E-state index contributed by atoms with van der Waals surface area (Å²) >= 11 is 6.81. The van der Waals surface area contributed by atoms with Crippen LogP contribution in [0.3, 0.4) is 0 Å². The molecule has 0 radical (unpaired) electrons. The quantitative estimate of drug-likeness (QED) is 0.00908. The third kappa shape index (κ3) is 17.3. The molecule has 0 bridgehead atoms. The molecule has 0 heterocycles. The summed E-state index contributed by atoms with van der Waals surface area (Å²) in [4.78, 5) is 67.6. The molecule has 4 atom stereocenters. The SMILES string of the molecule is CN[C@@H](C[C@@H](O)CNC(=O)OCc1ccccc1)C(=O)N[C@@H](Cc1cc(-c2ccc(OCc3ccccc3)c(C[C@H](NC(=O)OCc3ccccc3)C(=O)Oc3c(F)c(F)c(F)c(F)c3F)c2)ccc1Cl)C(=O)OCc1ccccc1. The second-order valence-electron chi connectivity index (χ2n) is 18.2. The standard InChI is InChI=1S/C60H54ClF5N4O11/c1-67-46(30-44(71)31-68-59(75)79-34-38-18-10-4-11-19-38)56(72)69-47(57(73)78-33-37-16-8-3-9-17-37)28-42-26-40(22-24-45(42)61)41-23-25-49(77-32-36-14-6-2-7-15-36)43(27-41)29-48(70-60(76)80-35-39-20-12-5-13-21-39)58(74)81-55-53(65)51(63)50(62)52(64)54(55)66/h2-27,44,46-48,67,71H,28-35H2,1H3,(H,68,75)(H,69,72)(H,70,76)/t44-,46+,47+,48+/m1/s1. The zero-order valence-electron chi connectivity index (χ0n) is 43.3. The van der Waals surface area contributed by atoms with Gasteiger partial charge in [-0.2, -0.15) is 8.78 Å². The summed E-state index contributed by atoms with van der Waals surface area (Å²) in [6.07, 6.45) is -4.31. The van der Waals surface area contributed by atoms with Gasteiger partial charge in [0.15, 0.2) is 0 Å². The molecule has 7 rings (SSSR count). The average Bonchev–Trinajstić information content (AvgIpc) is 3.64. The van der Waals surface area contributed by atoms with Crippen LogP contribution in [0.1, 0.15) is 39.8 Å². The number of aliphatic hydroxyl groups is 1. The van der Waals surface area contributed by atoms with Crippen molar-refractivity contribution in [2.45, 2.75) is 69.9 Å². The molecule has 7 aromatic carbocycles. The second kappa shape index (κ2) is 29.4. The summed E-state index contributed by atoms with van der Waals surface area (Å²) in [5, 5.41) is 21.4. The topological polar surface area (TPSA) is 200 Å². The highest BCUT2D eigenvalue weighted by Gasteiger charge is 2.33. The maximum atomic E-state index is 14.9. The molecular weight excluding hydrogens is 1080 g/mol. The number of ether oxygens (including phenoxy) is 5. The molecule has 81 heavy (non-hydrogen) atoms. The van der Waals surface area contributed by atoms with Crippen molar-refractivity contribution in [3.05, 3.63) is 225 Å². The number of hydrogen-bond donors (Lipinski definition) is 5. The van der Waals surface area contributed by atoms with Gasteiger partial charge in [-0.1, -0.05) is 145 Å². The molecule has 422 valence electrons. The number of aliphatic hydroxyl groups excluding tert-OH is 1. The molecule has 21 heteroatoms. The first-order valence-corrected chi connectivity index (χ1v) is 25.5. The van der Waals surface area contributed by atoms with E-state index in [0.29, 0.717) is 27.8 Å². The number of likely N-dealkylation sites (N-methyl/N-ethyl adjacent to an activating group) is 1. The van der Waals surface area contributed by atoms with Gasteiger partial charge in [0.05, 0.1) is 12.1 Å². The smallest absolute Gasteiger partial charge is 0.408 e. The summed E-state index contributed by atoms with van der Waals surface area (Å²) < 4.78 is 99.8. The van der Waals surface area contributed by atoms with Crippen LogP contribution in [-0.2, 0) is 67.9 Å². The first-order chi connectivity index (χ1) is 39.1. The molecule has 0 spiro atoms. The summed E-state index contributed by atoms with van der Waals surface area (Å²) in [5.74, 6) is -17.1. The van der Waals surface area contributed by atoms with Crippen molar-refractivity contribution in [2.75, 3.05) is 13.6 Å². The number of alkyl carbamates (subject to hydrolysis) is 2. The van der Waals surface area contributed by atoms with Gasteiger partial charge in [0.2, 0.25) is 40.7 Å². The van der Waals surface area contributed by atoms with E-state index in [0.717, 1.165) is 11.1 Å². The van der Waals surface area contributed by atoms with Crippen molar-refractivity contribution in [1.29, 1.82) is 0 Å². The lowest BCUT2D eigenvalue weighted by Crippen LogP contribution is -2.52. The lowest BCUT2D eigenvalue weighted by molar-refractivity contribution is -0.149. The van der Waals surface area contributed by atoms with E-state index in [1.54, 1.807) is 133 Å². The number of rotatable bonds is 25. The predicted octanol–water partition coefficient (Wildman–Crippen LogP) is 9.76. The maximum absolute atomic E-state index is 14.9. The third-order valence-electron chi connectivity index (χ3n) is 12.4. The molecule has 5 N–H and O–H groups in total. The Kier molecular flexibility index (Phi) is 21.7. The molecule has 0 saturated heterocycles. The number of carbonyl (C=O) groups excluding carboxylic acids is 5. The molecule has 0 unspecified atom stereocenters. The summed E-state index contributed by atoms with van der Waals surface area (Å²) in [7, 11) is 1.47. The highest BCUT2D eigenvalue weighted by Crippen LogP contribution is 2.33. The van der Waals surface area contributed by atoms with Crippen LogP contribution < -0.4 is 30.7 Å². The second-order valence-corrected chi connectivity index (χ2v) is 18.6. The molecule has 0 aliphatic heterocycles. The van der Waals surface area contributed by atoms with E-state index in [1.807, 2.05) is 6.07 Å². The van der Waals surface area contributed by atoms with Crippen LogP contribution in [0.4, 0.5) is 31.5 Å². The summed E-state index contributed by atoms with van der Waals surface area (Å²) in [5.41, 5.74) is 3.99. The maximum Gasteiger partial charge on any atom is 0.408 e. The van der Waals surface area contributed by atoms with Crippen LogP contribution in [0.15, 0.2) is 158 Å². The van der Waals surface area contributed by atoms with Crippen molar-refractivity contribution in [1.82, 2.24) is 21.3 Å². The van der Waals surface area contributed by atoms with Crippen molar-refractivity contribution < 1.29 is 74.7 Å². The zero-order chi connectivity index (χ0) is 57.8. The molecule has 15 nitrogen and oxygen atoms in total. The van der Waals surface area contributed by atoms with Crippen LogP contribution in [0.25, 0.3) is 11.1 Å². The fourth-order valence-corrected chi connectivity index (χ4v) is 8.27. The molecule has 0 fully saturated rings. The monoisotopic (exact) mass is 1140 g/mol. The fraction of sp³-hybridized carbons (Fsp3) is 0.217. The van der Waals surface area contributed by atoms with Gasteiger partial charge in [0, 0.05) is 24.4 Å². The summed E-state index contributed by atoms with van der Waals surface area (Å²) in [6.45, 7) is -0.753. The molecule has 7 aromatic rings. The van der Waals surface area contributed by atoms with Gasteiger partial charge in [-0.05, 0) is 82.2 Å². The predicted molar refractivity (Wildman–Crippen MR) is 287 cm³/mol. The summed E-state index contributed by atoms with van der Waals surface area (Å²) in [6, 6.07) is 40.0. The van der Waals surface area contributed by atoms with Crippen LogP contribution in [-0.4, -0.2) is 73.0 Å². The van der Waals surface area contributed by atoms with E-state index in [9.17, 15) is 51.0 Å². The van der Waals surface area contributed by atoms with Crippen LogP contribution in [0.5, 0.6) is 11.5 Å². The highest BCUT2D eigenvalue weighted by atomic mass is 35.5. The van der Waals surface area contributed by atoms with Gasteiger partial charge in [-0.25, -0.2) is 32.3 Å². The van der Waals surface area contributed by atoms with Crippen molar-refractivity contribution in [3.63, 3.8) is 0 Å². The minimum absolute atomic E-state index is 0.00679. The van der Waals surface area contributed by atoms with Crippen LogP contribution >= 0.6 is 11.6 Å². The lowest BCUT2D eigenvalue weighted by Gasteiger charge is -2.24. The number of hydrogen-bond acceptors (Lipinski definition) is 12. The van der Waals surface area contributed by atoms with Gasteiger partial charge >= 0.3 is 24.1 Å². The number of carbonyl (C=O) groups is 5. The molecule has 0 aromatic heterocycles. The van der Waals surface area contributed by atoms with E-state index in [1.165, 1.54) is 25.2 Å². The number of amides is 3. The van der Waals surface area contributed by atoms with Crippen molar-refractivity contribution >= 4 is 41.6 Å². The van der Waals surface area contributed by atoms with Crippen LogP contribution in [0, 0.1) is 29.1 Å². The number of halogens is 6. The first kappa shape index (κ1) is 59.8. The van der Waals surface area contributed by atoms with E-state index < -0.39 is 95.5 Å². The molecule has 3 amide bonds. The Balaban J connectivity index is 1.16. The Hall–Kier alpha value is -8.85. The normalized spacial score (nSPS) is 12.4. The minimum Gasteiger partial charge on any atom is -0.489 e. The van der Waals surface area contributed by atoms with Crippen molar-refractivity contribution in [2.24, 2.45) is 0 Å². The van der Waals surface area contributed by atoms with E-state index in [-0.39, 0.29) is 62.1 Å². The average molecular weight is 1140 g/mol. The van der Waals surface area contributed by atoms with Gasteiger partial charge in [-0.3, -0.25) is 4.79 Å². The third-order valence-corrected chi connectivity index (χ3v) is 12.7. The Morgan fingerprint density at radius 2 is 0.975 bits per heavy atom. The van der Waals surface area contributed by atoms with E-state index >= 15 is 0 Å². The largest absolute Gasteiger partial charge is 0.489 e. The number of esters is 2. The minimum atomic E-state index is -2.49. The Labute approximate surface area is 467 Å². The Morgan fingerprint density at radius 3 is 1.52 bits per heavy atom. The van der Waals surface area contributed by atoms with Gasteiger partial charge < -0.3 is 50.1 Å². The van der Waals surface area contributed by atoms with Gasteiger partial charge in [0.25, 0.3) is 0 Å². The zero-order valence-corrected chi connectivity index (χ0v) is 44.0. The molecular formula is C60H54ClF5N4O11. The Bertz CT molecular complexity index is 3250. The fourth-order valence-electron chi connectivity index (χ4n) is 8.07. The molecule has 0 aliphatic carbocycles. The molecule has 0 saturated carbocycles. The molecule has 0 aliphatic rings. The first-order valence-electron chi connectivity index (χ1n) is 25.2. The van der Waals surface area contributed by atoms with Crippen molar-refractivity contribution in [3.8, 4) is 22.6 Å². The van der Waals surface area contributed by atoms with E-state index in [2.05, 4.69) is 21.3 Å². The highest BCUT2D eigenvalue weighted by molar-refractivity contribution is 6.31. The Morgan fingerprint density at radius 1 is 0.519 bits per heavy atom.